The smallest absolute Gasteiger partial charge is 0.130 e. The number of rotatable bonds is 1. The molecule has 1 heterocycles. The zero-order chi connectivity index (χ0) is 9.26. The minimum absolute atomic E-state index is 0.152. The number of hydrogen-bond acceptors (Lipinski definition) is 2. The maximum atomic E-state index is 13.2. The molecule has 1 saturated heterocycles. The maximum Gasteiger partial charge on any atom is 0.130 e. The first-order valence-corrected chi connectivity index (χ1v) is 4.03. The van der Waals surface area contributed by atoms with Crippen LogP contribution in [0.1, 0.15) is 11.6 Å². The normalized spacial score (nSPS) is 22.2. The minimum atomic E-state index is -0.555. The summed E-state index contributed by atoms with van der Waals surface area (Å²) in [6.45, 7) is 0.851. The molecule has 2 nitrogen and oxygen atoms in total. The van der Waals surface area contributed by atoms with E-state index in [4.69, 9.17) is 4.74 Å². The van der Waals surface area contributed by atoms with Crippen molar-refractivity contribution in [2.24, 2.45) is 0 Å². The SMILES string of the molecule is Fc1ccc([C@@H]2COCN2)c(F)c1. The summed E-state index contributed by atoms with van der Waals surface area (Å²) < 4.78 is 30.7. The lowest BCUT2D eigenvalue weighted by Gasteiger charge is -2.09. The highest BCUT2D eigenvalue weighted by atomic mass is 19.1. The van der Waals surface area contributed by atoms with Crippen LogP contribution in [0.25, 0.3) is 0 Å². The van der Waals surface area contributed by atoms with Gasteiger partial charge in [0.2, 0.25) is 0 Å². The number of ether oxygens (including phenoxy) is 1. The quantitative estimate of drug-likeness (QED) is 0.717. The molecule has 0 amide bonds. The van der Waals surface area contributed by atoms with Crippen LogP contribution < -0.4 is 5.32 Å². The Morgan fingerprint density at radius 2 is 2.23 bits per heavy atom. The second-order valence-electron chi connectivity index (χ2n) is 2.94. The molecule has 4 heteroatoms. The summed E-state index contributed by atoms with van der Waals surface area (Å²) in [7, 11) is 0. The molecule has 1 aliphatic heterocycles. The molecular weight excluding hydrogens is 176 g/mol. The third-order valence-electron chi connectivity index (χ3n) is 2.05. The topological polar surface area (TPSA) is 21.3 Å². The van der Waals surface area contributed by atoms with E-state index >= 15 is 0 Å². The molecule has 0 bridgehead atoms. The Morgan fingerprint density at radius 3 is 2.85 bits per heavy atom. The van der Waals surface area contributed by atoms with E-state index in [0.717, 1.165) is 6.07 Å². The van der Waals surface area contributed by atoms with Gasteiger partial charge in [0.1, 0.15) is 11.6 Å². The average molecular weight is 185 g/mol. The van der Waals surface area contributed by atoms with Crippen molar-refractivity contribution in [1.82, 2.24) is 5.32 Å². The van der Waals surface area contributed by atoms with Gasteiger partial charge in [-0.3, -0.25) is 5.32 Å². The molecule has 0 aromatic heterocycles. The van der Waals surface area contributed by atoms with Gasteiger partial charge in [0.25, 0.3) is 0 Å². The molecule has 70 valence electrons. The van der Waals surface area contributed by atoms with Crippen LogP contribution in [0.3, 0.4) is 0 Å². The molecule has 1 atom stereocenters. The van der Waals surface area contributed by atoms with Crippen LogP contribution in [0.15, 0.2) is 18.2 Å². The molecule has 0 radical (unpaired) electrons. The Labute approximate surface area is 74.5 Å². The van der Waals surface area contributed by atoms with Gasteiger partial charge < -0.3 is 4.74 Å². The summed E-state index contributed by atoms with van der Waals surface area (Å²) in [5.41, 5.74) is 0.457. The second-order valence-corrected chi connectivity index (χ2v) is 2.94. The molecule has 1 N–H and O–H groups in total. The first-order valence-electron chi connectivity index (χ1n) is 4.03. The zero-order valence-corrected chi connectivity index (χ0v) is 6.89. The standard InChI is InChI=1S/C9H9F2NO/c10-6-1-2-7(8(11)3-6)9-4-13-5-12-9/h1-3,9,12H,4-5H2/t9-/m0/s1. The summed E-state index contributed by atoms with van der Waals surface area (Å²) in [4.78, 5) is 0. The van der Waals surface area contributed by atoms with Gasteiger partial charge in [-0.1, -0.05) is 6.07 Å². The van der Waals surface area contributed by atoms with Gasteiger partial charge in [-0.25, -0.2) is 8.78 Å². The predicted molar refractivity (Wildman–Crippen MR) is 43.1 cm³/mol. The van der Waals surface area contributed by atoms with E-state index in [-0.39, 0.29) is 6.04 Å². The van der Waals surface area contributed by atoms with E-state index in [9.17, 15) is 8.78 Å². The predicted octanol–water partition coefficient (Wildman–Crippen LogP) is 1.58. The lowest BCUT2D eigenvalue weighted by molar-refractivity contribution is 0.189. The second kappa shape index (κ2) is 3.40. The fourth-order valence-electron chi connectivity index (χ4n) is 1.38. The van der Waals surface area contributed by atoms with Crippen molar-refractivity contribution in [3.63, 3.8) is 0 Å². The van der Waals surface area contributed by atoms with Crippen molar-refractivity contribution in [1.29, 1.82) is 0 Å². The maximum absolute atomic E-state index is 13.2. The fourth-order valence-corrected chi connectivity index (χ4v) is 1.38. The van der Waals surface area contributed by atoms with Gasteiger partial charge in [0, 0.05) is 11.6 Å². The Morgan fingerprint density at radius 1 is 1.38 bits per heavy atom. The Kier molecular flexibility index (Phi) is 2.24. The van der Waals surface area contributed by atoms with Crippen molar-refractivity contribution in [3.05, 3.63) is 35.4 Å². The van der Waals surface area contributed by atoms with Crippen LogP contribution in [0.5, 0.6) is 0 Å². The third-order valence-corrected chi connectivity index (χ3v) is 2.05. The largest absolute Gasteiger partial charge is 0.364 e. The molecule has 0 aliphatic carbocycles. The van der Waals surface area contributed by atoms with Crippen molar-refractivity contribution >= 4 is 0 Å². The van der Waals surface area contributed by atoms with Crippen LogP contribution in [-0.4, -0.2) is 13.3 Å². The number of nitrogens with one attached hydrogen (secondary N) is 1. The molecule has 1 aromatic rings. The number of halogens is 2. The molecule has 1 fully saturated rings. The van der Waals surface area contributed by atoms with Crippen molar-refractivity contribution in [2.45, 2.75) is 6.04 Å². The fraction of sp³-hybridized carbons (Fsp3) is 0.333. The average Bonchev–Trinajstić information content (AvgIpc) is 2.56. The van der Waals surface area contributed by atoms with E-state index in [2.05, 4.69) is 5.32 Å². The molecule has 13 heavy (non-hydrogen) atoms. The minimum Gasteiger partial charge on any atom is -0.364 e. The third kappa shape index (κ3) is 1.68. The summed E-state index contributed by atoms with van der Waals surface area (Å²) >= 11 is 0. The number of benzene rings is 1. The van der Waals surface area contributed by atoms with E-state index < -0.39 is 11.6 Å². The van der Waals surface area contributed by atoms with Crippen LogP contribution >= 0.6 is 0 Å². The van der Waals surface area contributed by atoms with Crippen molar-refractivity contribution in [3.8, 4) is 0 Å². The van der Waals surface area contributed by atoms with Gasteiger partial charge in [-0.15, -0.1) is 0 Å². The van der Waals surface area contributed by atoms with Gasteiger partial charge in [-0.05, 0) is 6.07 Å². The lowest BCUT2D eigenvalue weighted by atomic mass is 10.1. The highest BCUT2D eigenvalue weighted by Gasteiger charge is 2.19. The zero-order valence-electron chi connectivity index (χ0n) is 6.89. The molecule has 1 aromatic carbocycles. The molecule has 0 saturated carbocycles. The van der Waals surface area contributed by atoms with E-state index in [1.165, 1.54) is 12.1 Å². The van der Waals surface area contributed by atoms with E-state index in [1.54, 1.807) is 0 Å². The summed E-state index contributed by atoms with van der Waals surface area (Å²) in [6, 6.07) is 3.42. The van der Waals surface area contributed by atoms with Gasteiger partial charge in [0.15, 0.2) is 0 Å². The van der Waals surface area contributed by atoms with Crippen LogP contribution in [0.4, 0.5) is 8.78 Å². The summed E-state index contributed by atoms with van der Waals surface area (Å²) in [5, 5.41) is 2.95. The molecular formula is C9H9F2NO. The molecule has 2 rings (SSSR count). The van der Waals surface area contributed by atoms with E-state index in [0.29, 0.717) is 18.9 Å². The van der Waals surface area contributed by atoms with Crippen LogP contribution in [0.2, 0.25) is 0 Å². The van der Waals surface area contributed by atoms with Crippen LogP contribution in [-0.2, 0) is 4.74 Å². The lowest BCUT2D eigenvalue weighted by Crippen LogP contribution is -2.16. The van der Waals surface area contributed by atoms with Crippen LogP contribution in [0, 0.1) is 11.6 Å². The highest BCUT2D eigenvalue weighted by molar-refractivity contribution is 5.22. The van der Waals surface area contributed by atoms with Gasteiger partial charge >= 0.3 is 0 Å². The summed E-state index contributed by atoms with van der Waals surface area (Å²) in [5.74, 6) is -1.08. The van der Waals surface area contributed by atoms with Gasteiger partial charge in [0.05, 0.1) is 19.4 Å². The summed E-state index contributed by atoms with van der Waals surface area (Å²) in [6.07, 6.45) is 0. The Balaban J connectivity index is 2.29. The highest BCUT2D eigenvalue weighted by Crippen LogP contribution is 2.20. The monoisotopic (exact) mass is 185 g/mol. The number of hydrogen-bond donors (Lipinski definition) is 1. The Bertz CT molecular complexity index is 310. The Hall–Kier alpha value is -1.00. The first kappa shape index (κ1) is 8.59. The molecule has 0 spiro atoms. The van der Waals surface area contributed by atoms with Gasteiger partial charge in [-0.2, -0.15) is 0 Å². The van der Waals surface area contributed by atoms with E-state index in [1.807, 2.05) is 0 Å². The molecule has 1 aliphatic rings. The van der Waals surface area contributed by atoms with Crippen molar-refractivity contribution in [2.75, 3.05) is 13.3 Å². The first-order chi connectivity index (χ1) is 6.27. The molecule has 0 unspecified atom stereocenters. The van der Waals surface area contributed by atoms with Crippen molar-refractivity contribution < 1.29 is 13.5 Å².